The van der Waals surface area contributed by atoms with Crippen molar-refractivity contribution in [2.24, 2.45) is 17.8 Å². The van der Waals surface area contributed by atoms with Crippen LogP contribution in [-0.4, -0.2) is 11.1 Å². The van der Waals surface area contributed by atoms with Crippen molar-refractivity contribution < 1.29 is 9.90 Å². The molecule has 2 unspecified atom stereocenters. The molecule has 1 N–H and O–H groups in total. The van der Waals surface area contributed by atoms with Gasteiger partial charge in [-0.25, -0.2) is 0 Å². The zero-order valence-corrected chi connectivity index (χ0v) is 8.04. The van der Waals surface area contributed by atoms with E-state index in [9.17, 15) is 4.79 Å². The molecule has 2 nitrogen and oxygen atoms in total. The van der Waals surface area contributed by atoms with Crippen molar-refractivity contribution >= 4 is 5.97 Å². The van der Waals surface area contributed by atoms with Gasteiger partial charge in [0.05, 0.1) is 5.92 Å². The van der Waals surface area contributed by atoms with Crippen LogP contribution in [0, 0.1) is 17.8 Å². The van der Waals surface area contributed by atoms with Crippen LogP contribution in [0.5, 0.6) is 0 Å². The lowest BCUT2D eigenvalue weighted by atomic mass is 9.63. The molecule has 2 aliphatic carbocycles. The number of carboxylic acids is 1. The first-order valence-electron chi connectivity index (χ1n) is 5.52. The number of hydrogen-bond donors (Lipinski definition) is 1. The van der Waals surface area contributed by atoms with Gasteiger partial charge in [0, 0.05) is 0 Å². The van der Waals surface area contributed by atoms with Crippen LogP contribution in [0.4, 0.5) is 0 Å². The molecule has 0 amide bonds. The molecule has 2 fully saturated rings. The smallest absolute Gasteiger partial charge is 0.306 e. The highest BCUT2D eigenvalue weighted by Crippen LogP contribution is 2.45. The Balaban J connectivity index is 1.89. The van der Waals surface area contributed by atoms with E-state index in [0.717, 1.165) is 12.3 Å². The van der Waals surface area contributed by atoms with Gasteiger partial charge in [0.1, 0.15) is 0 Å². The van der Waals surface area contributed by atoms with Gasteiger partial charge >= 0.3 is 5.97 Å². The normalized spacial score (nSPS) is 35.4. The molecule has 0 aromatic carbocycles. The fourth-order valence-electron chi connectivity index (χ4n) is 2.96. The van der Waals surface area contributed by atoms with Crippen LogP contribution in [-0.2, 0) is 4.79 Å². The Bertz CT molecular complexity index is 194. The molecular weight excluding hydrogens is 164 g/mol. The Kier molecular flexibility index (Phi) is 2.56. The van der Waals surface area contributed by atoms with Gasteiger partial charge < -0.3 is 5.11 Å². The third-order valence-electron chi connectivity index (χ3n) is 3.90. The molecule has 0 aromatic rings. The topological polar surface area (TPSA) is 37.3 Å². The summed E-state index contributed by atoms with van der Waals surface area (Å²) in [6.07, 6.45) is 8.68. The molecule has 0 spiro atoms. The first-order chi connectivity index (χ1) is 6.29. The summed E-state index contributed by atoms with van der Waals surface area (Å²) < 4.78 is 0. The van der Waals surface area contributed by atoms with Gasteiger partial charge in [0.15, 0.2) is 0 Å². The van der Waals surface area contributed by atoms with Crippen LogP contribution >= 0.6 is 0 Å². The van der Waals surface area contributed by atoms with Gasteiger partial charge in [-0.05, 0) is 24.7 Å². The molecule has 2 aliphatic rings. The predicted molar refractivity (Wildman–Crippen MR) is 50.4 cm³/mol. The highest BCUT2D eigenvalue weighted by molar-refractivity contribution is 5.71. The van der Waals surface area contributed by atoms with E-state index in [1.54, 1.807) is 0 Å². The van der Waals surface area contributed by atoms with Crippen molar-refractivity contribution in [1.82, 2.24) is 0 Å². The summed E-state index contributed by atoms with van der Waals surface area (Å²) in [5.41, 5.74) is 0. The van der Waals surface area contributed by atoms with Gasteiger partial charge in [-0.2, -0.15) is 0 Å². The standard InChI is InChI=1S/C11H18O2/c12-11(13)10-7-6-9(10)8-4-2-1-3-5-8/h8-10H,1-7H2,(H,12,13). The summed E-state index contributed by atoms with van der Waals surface area (Å²) in [6.45, 7) is 0. The molecule has 74 valence electrons. The third kappa shape index (κ3) is 1.72. The Morgan fingerprint density at radius 1 is 1.00 bits per heavy atom. The second-order valence-corrected chi connectivity index (χ2v) is 4.58. The molecule has 0 heterocycles. The summed E-state index contributed by atoms with van der Waals surface area (Å²) in [6, 6.07) is 0. The quantitative estimate of drug-likeness (QED) is 0.713. The van der Waals surface area contributed by atoms with E-state index in [2.05, 4.69) is 0 Å². The fourth-order valence-corrected chi connectivity index (χ4v) is 2.96. The molecule has 2 rings (SSSR count). The second-order valence-electron chi connectivity index (χ2n) is 4.58. The zero-order valence-electron chi connectivity index (χ0n) is 8.04. The highest BCUT2D eigenvalue weighted by atomic mass is 16.4. The first kappa shape index (κ1) is 9.04. The van der Waals surface area contributed by atoms with Crippen LogP contribution in [0.25, 0.3) is 0 Å². The van der Waals surface area contributed by atoms with E-state index in [1.165, 1.54) is 38.5 Å². The number of hydrogen-bond acceptors (Lipinski definition) is 1. The molecule has 0 aromatic heterocycles. The highest BCUT2D eigenvalue weighted by Gasteiger charge is 2.41. The predicted octanol–water partition coefficient (Wildman–Crippen LogP) is 2.68. The minimum Gasteiger partial charge on any atom is -0.481 e. The van der Waals surface area contributed by atoms with Crippen LogP contribution in [0.15, 0.2) is 0 Å². The van der Waals surface area contributed by atoms with E-state index >= 15 is 0 Å². The monoisotopic (exact) mass is 182 g/mol. The van der Waals surface area contributed by atoms with Crippen molar-refractivity contribution in [2.75, 3.05) is 0 Å². The summed E-state index contributed by atoms with van der Waals surface area (Å²) in [5.74, 6) is 0.714. The van der Waals surface area contributed by atoms with Crippen LogP contribution < -0.4 is 0 Å². The summed E-state index contributed by atoms with van der Waals surface area (Å²) in [7, 11) is 0. The number of rotatable bonds is 2. The fraction of sp³-hybridized carbons (Fsp3) is 0.909. The lowest BCUT2D eigenvalue weighted by Crippen LogP contribution is -2.38. The number of carbonyl (C=O) groups is 1. The molecule has 2 saturated carbocycles. The molecule has 2 heteroatoms. The van der Waals surface area contributed by atoms with Gasteiger partial charge in [-0.1, -0.05) is 32.1 Å². The summed E-state index contributed by atoms with van der Waals surface area (Å²) in [4.78, 5) is 10.8. The van der Waals surface area contributed by atoms with E-state index in [-0.39, 0.29) is 5.92 Å². The minimum absolute atomic E-state index is 0.00287. The average Bonchev–Trinajstić information content (AvgIpc) is 2.02. The van der Waals surface area contributed by atoms with Crippen LogP contribution in [0.3, 0.4) is 0 Å². The number of aliphatic carboxylic acids is 1. The van der Waals surface area contributed by atoms with Gasteiger partial charge in [0.25, 0.3) is 0 Å². The van der Waals surface area contributed by atoms with Crippen LogP contribution in [0.1, 0.15) is 44.9 Å². The minimum atomic E-state index is -0.554. The van der Waals surface area contributed by atoms with Crippen molar-refractivity contribution in [3.8, 4) is 0 Å². The van der Waals surface area contributed by atoms with Gasteiger partial charge in [-0.3, -0.25) is 4.79 Å². The first-order valence-corrected chi connectivity index (χ1v) is 5.52. The van der Waals surface area contributed by atoms with Crippen molar-refractivity contribution in [3.63, 3.8) is 0 Å². The lowest BCUT2D eigenvalue weighted by molar-refractivity contribution is -0.149. The summed E-state index contributed by atoms with van der Waals surface area (Å²) in [5, 5.41) is 8.93. The largest absolute Gasteiger partial charge is 0.481 e. The average molecular weight is 182 g/mol. The Morgan fingerprint density at radius 3 is 2.15 bits per heavy atom. The maximum Gasteiger partial charge on any atom is 0.306 e. The molecule has 0 radical (unpaired) electrons. The van der Waals surface area contributed by atoms with Crippen molar-refractivity contribution in [1.29, 1.82) is 0 Å². The maximum atomic E-state index is 10.8. The Hall–Kier alpha value is -0.530. The van der Waals surface area contributed by atoms with Crippen LogP contribution in [0.2, 0.25) is 0 Å². The van der Waals surface area contributed by atoms with Gasteiger partial charge in [-0.15, -0.1) is 0 Å². The maximum absolute atomic E-state index is 10.8. The van der Waals surface area contributed by atoms with E-state index in [4.69, 9.17) is 5.11 Å². The second kappa shape index (κ2) is 3.69. The van der Waals surface area contributed by atoms with E-state index < -0.39 is 5.97 Å². The summed E-state index contributed by atoms with van der Waals surface area (Å²) >= 11 is 0. The van der Waals surface area contributed by atoms with Gasteiger partial charge in [0.2, 0.25) is 0 Å². The third-order valence-corrected chi connectivity index (χ3v) is 3.90. The molecule has 0 saturated heterocycles. The Morgan fingerprint density at radius 2 is 1.69 bits per heavy atom. The van der Waals surface area contributed by atoms with Crippen molar-refractivity contribution in [2.45, 2.75) is 44.9 Å². The lowest BCUT2D eigenvalue weighted by Gasteiger charge is -2.41. The SMILES string of the molecule is O=C(O)C1CCC1C1CCCCC1. The zero-order chi connectivity index (χ0) is 9.26. The van der Waals surface area contributed by atoms with E-state index in [0.29, 0.717) is 5.92 Å². The molecular formula is C11H18O2. The van der Waals surface area contributed by atoms with Crippen molar-refractivity contribution in [3.05, 3.63) is 0 Å². The van der Waals surface area contributed by atoms with E-state index in [1.807, 2.05) is 0 Å². The molecule has 13 heavy (non-hydrogen) atoms. The number of carboxylic acid groups (broad SMARTS) is 1. The Labute approximate surface area is 79.3 Å². The molecule has 2 atom stereocenters. The molecule has 0 bridgehead atoms. The molecule has 0 aliphatic heterocycles.